The number of ether oxygens (including phenoxy) is 1. The molecular formula is C14H28O3. The van der Waals surface area contributed by atoms with E-state index in [-0.39, 0.29) is 12.6 Å². The Labute approximate surface area is 106 Å². The van der Waals surface area contributed by atoms with E-state index < -0.39 is 5.41 Å². The molecule has 0 fully saturated rings. The molecule has 0 saturated carbocycles. The summed E-state index contributed by atoms with van der Waals surface area (Å²) in [6.07, 6.45) is 7.97. The molecule has 0 aliphatic carbocycles. The van der Waals surface area contributed by atoms with Crippen molar-refractivity contribution >= 4 is 5.97 Å². The number of esters is 1. The third kappa shape index (κ3) is 5.53. The first kappa shape index (κ1) is 16.4. The van der Waals surface area contributed by atoms with E-state index in [2.05, 4.69) is 13.8 Å². The molecule has 0 aromatic heterocycles. The molecule has 0 aliphatic rings. The van der Waals surface area contributed by atoms with Crippen molar-refractivity contribution in [3.63, 3.8) is 0 Å². The molecule has 0 aromatic carbocycles. The molecule has 102 valence electrons. The van der Waals surface area contributed by atoms with Crippen molar-refractivity contribution in [1.82, 2.24) is 0 Å². The highest BCUT2D eigenvalue weighted by Gasteiger charge is 2.37. The van der Waals surface area contributed by atoms with Crippen LogP contribution in [0.3, 0.4) is 0 Å². The molecule has 0 heterocycles. The summed E-state index contributed by atoms with van der Waals surface area (Å²) in [5.41, 5.74) is -0.654. The van der Waals surface area contributed by atoms with Crippen LogP contribution >= 0.6 is 0 Å². The Bertz CT molecular complexity index is 204. The summed E-state index contributed by atoms with van der Waals surface area (Å²) < 4.78 is 4.86. The van der Waals surface area contributed by atoms with Gasteiger partial charge in [0, 0.05) is 0 Å². The first-order valence-corrected chi connectivity index (χ1v) is 6.86. The number of carbonyl (C=O) groups is 1. The number of aliphatic hydroxyl groups excluding tert-OH is 1. The van der Waals surface area contributed by atoms with Crippen LogP contribution in [-0.4, -0.2) is 24.8 Å². The van der Waals surface area contributed by atoms with Gasteiger partial charge in [0.2, 0.25) is 0 Å². The highest BCUT2D eigenvalue weighted by atomic mass is 16.5. The quantitative estimate of drug-likeness (QED) is 0.474. The van der Waals surface area contributed by atoms with Gasteiger partial charge in [-0.15, -0.1) is 0 Å². The van der Waals surface area contributed by atoms with Crippen molar-refractivity contribution in [1.29, 1.82) is 0 Å². The molecule has 0 aliphatic heterocycles. The molecule has 1 unspecified atom stereocenters. The fraction of sp³-hybridized carbons (Fsp3) is 0.929. The minimum atomic E-state index is -0.654. The average Bonchev–Trinajstić information content (AvgIpc) is 2.37. The average molecular weight is 244 g/mol. The summed E-state index contributed by atoms with van der Waals surface area (Å²) in [5, 5.41) is 9.56. The van der Waals surface area contributed by atoms with E-state index in [9.17, 15) is 9.90 Å². The second-order valence-corrected chi connectivity index (χ2v) is 4.84. The van der Waals surface area contributed by atoms with Gasteiger partial charge < -0.3 is 9.84 Å². The van der Waals surface area contributed by atoms with E-state index >= 15 is 0 Å². The van der Waals surface area contributed by atoms with Crippen molar-refractivity contribution in [2.24, 2.45) is 5.41 Å². The van der Waals surface area contributed by atoms with Crippen molar-refractivity contribution < 1.29 is 14.6 Å². The monoisotopic (exact) mass is 244 g/mol. The van der Waals surface area contributed by atoms with E-state index in [0.717, 1.165) is 38.5 Å². The normalized spacial score (nSPS) is 14.4. The molecule has 0 spiro atoms. The minimum Gasteiger partial charge on any atom is -0.469 e. The SMILES string of the molecule is CCCCCCC(CO)(CCCC)C(=O)OC. The maximum atomic E-state index is 11.9. The topological polar surface area (TPSA) is 46.5 Å². The van der Waals surface area contributed by atoms with Crippen molar-refractivity contribution in [2.75, 3.05) is 13.7 Å². The predicted molar refractivity (Wildman–Crippen MR) is 69.8 cm³/mol. The molecule has 0 amide bonds. The highest BCUT2D eigenvalue weighted by molar-refractivity contribution is 5.76. The standard InChI is InChI=1S/C14H28O3/c1-4-6-8-9-11-14(12-15,10-7-5-2)13(16)17-3/h15H,4-12H2,1-3H3. The lowest BCUT2D eigenvalue weighted by molar-refractivity contribution is -0.156. The van der Waals surface area contributed by atoms with Crippen LogP contribution in [0.25, 0.3) is 0 Å². The van der Waals surface area contributed by atoms with Gasteiger partial charge in [-0.05, 0) is 12.8 Å². The van der Waals surface area contributed by atoms with Crippen LogP contribution in [0.5, 0.6) is 0 Å². The number of methoxy groups -OCH3 is 1. The van der Waals surface area contributed by atoms with Crippen LogP contribution in [0.1, 0.15) is 65.2 Å². The summed E-state index contributed by atoms with van der Waals surface area (Å²) in [7, 11) is 1.41. The number of hydrogen-bond donors (Lipinski definition) is 1. The van der Waals surface area contributed by atoms with Gasteiger partial charge >= 0.3 is 5.97 Å². The smallest absolute Gasteiger partial charge is 0.314 e. The number of unbranched alkanes of at least 4 members (excludes halogenated alkanes) is 4. The molecule has 0 saturated heterocycles. The molecule has 1 atom stereocenters. The molecular weight excluding hydrogens is 216 g/mol. The third-order valence-electron chi connectivity index (χ3n) is 3.44. The predicted octanol–water partition coefficient (Wildman–Crippen LogP) is 3.30. The zero-order chi connectivity index (χ0) is 13.1. The Morgan fingerprint density at radius 3 is 2.12 bits per heavy atom. The first-order valence-electron chi connectivity index (χ1n) is 6.86. The van der Waals surface area contributed by atoms with E-state index in [1.54, 1.807) is 0 Å². The zero-order valence-electron chi connectivity index (χ0n) is 11.6. The number of hydrogen-bond acceptors (Lipinski definition) is 3. The maximum Gasteiger partial charge on any atom is 0.314 e. The van der Waals surface area contributed by atoms with Gasteiger partial charge in [-0.1, -0.05) is 52.4 Å². The van der Waals surface area contributed by atoms with Crippen molar-refractivity contribution in [3.8, 4) is 0 Å². The second kappa shape index (κ2) is 9.46. The van der Waals surface area contributed by atoms with Gasteiger partial charge in [0.25, 0.3) is 0 Å². The zero-order valence-corrected chi connectivity index (χ0v) is 11.6. The first-order chi connectivity index (χ1) is 8.16. The van der Waals surface area contributed by atoms with Gasteiger partial charge in [-0.25, -0.2) is 0 Å². The Hall–Kier alpha value is -0.570. The Balaban J connectivity index is 4.39. The number of carbonyl (C=O) groups excluding carboxylic acids is 1. The molecule has 3 heteroatoms. The molecule has 1 N–H and O–H groups in total. The van der Waals surface area contributed by atoms with E-state index in [0.29, 0.717) is 0 Å². The molecule has 3 nitrogen and oxygen atoms in total. The lowest BCUT2D eigenvalue weighted by atomic mass is 9.78. The molecule has 0 radical (unpaired) electrons. The van der Waals surface area contributed by atoms with Crippen LogP contribution in [0.2, 0.25) is 0 Å². The fourth-order valence-corrected chi connectivity index (χ4v) is 2.17. The van der Waals surface area contributed by atoms with Crippen molar-refractivity contribution in [2.45, 2.75) is 65.2 Å². The van der Waals surface area contributed by atoms with Gasteiger partial charge in [0.1, 0.15) is 0 Å². The molecule has 0 bridgehead atoms. The van der Waals surface area contributed by atoms with E-state index in [1.165, 1.54) is 20.0 Å². The third-order valence-corrected chi connectivity index (χ3v) is 3.44. The fourth-order valence-electron chi connectivity index (χ4n) is 2.17. The Kier molecular flexibility index (Phi) is 9.14. The summed E-state index contributed by atoms with van der Waals surface area (Å²) in [4.78, 5) is 11.9. The largest absolute Gasteiger partial charge is 0.469 e. The number of aliphatic hydroxyl groups is 1. The van der Waals surface area contributed by atoms with E-state index in [4.69, 9.17) is 4.74 Å². The summed E-state index contributed by atoms with van der Waals surface area (Å²) in [6, 6.07) is 0. The van der Waals surface area contributed by atoms with Crippen LogP contribution < -0.4 is 0 Å². The van der Waals surface area contributed by atoms with Crippen LogP contribution in [0, 0.1) is 5.41 Å². The van der Waals surface area contributed by atoms with Crippen molar-refractivity contribution in [3.05, 3.63) is 0 Å². The van der Waals surface area contributed by atoms with Crippen LogP contribution in [0.15, 0.2) is 0 Å². The number of rotatable bonds is 10. The molecule has 0 rings (SSSR count). The Morgan fingerprint density at radius 2 is 1.65 bits per heavy atom. The molecule has 17 heavy (non-hydrogen) atoms. The van der Waals surface area contributed by atoms with E-state index in [1.807, 2.05) is 0 Å². The van der Waals surface area contributed by atoms with Gasteiger partial charge in [0.05, 0.1) is 19.1 Å². The van der Waals surface area contributed by atoms with Gasteiger partial charge in [-0.3, -0.25) is 4.79 Å². The summed E-state index contributed by atoms with van der Waals surface area (Å²) in [5.74, 6) is -0.245. The Morgan fingerprint density at radius 1 is 1.06 bits per heavy atom. The lowest BCUT2D eigenvalue weighted by Crippen LogP contribution is -2.36. The molecule has 0 aromatic rings. The summed E-state index contributed by atoms with van der Waals surface area (Å²) >= 11 is 0. The lowest BCUT2D eigenvalue weighted by Gasteiger charge is -2.29. The van der Waals surface area contributed by atoms with Crippen LogP contribution in [0.4, 0.5) is 0 Å². The summed E-state index contributed by atoms with van der Waals surface area (Å²) in [6.45, 7) is 4.17. The maximum absolute atomic E-state index is 11.9. The van der Waals surface area contributed by atoms with Crippen LogP contribution in [-0.2, 0) is 9.53 Å². The van der Waals surface area contributed by atoms with Gasteiger partial charge in [0.15, 0.2) is 0 Å². The highest BCUT2D eigenvalue weighted by Crippen LogP contribution is 2.32. The van der Waals surface area contributed by atoms with Gasteiger partial charge in [-0.2, -0.15) is 0 Å². The second-order valence-electron chi connectivity index (χ2n) is 4.84. The minimum absolute atomic E-state index is 0.0915.